The van der Waals surface area contributed by atoms with Gasteiger partial charge in [-0.15, -0.1) is 5.73 Å². The molecule has 0 bridgehead atoms. The van der Waals surface area contributed by atoms with Gasteiger partial charge < -0.3 is 0 Å². The van der Waals surface area contributed by atoms with Crippen LogP contribution in [0.25, 0.3) is 0 Å². The highest BCUT2D eigenvalue weighted by Crippen LogP contribution is 1.91. The van der Waals surface area contributed by atoms with Crippen LogP contribution in [0.4, 0.5) is 0 Å². The third-order valence-electron chi connectivity index (χ3n) is 0.751. The molecule has 0 aliphatic carbocycles. The van der Waals surface area contributed by atoms with Gasteiger partial charge in [-0.3, -0.25) is 0 Å². The molecule has 0 atom stereocenters. The van der Waals surface area contributed by atoms with Gasteiger partial charge in [0, 0.05) is 5.57 Å². The van der Waals surface area contributed by atoms with Crippen molar-refractivity contribution < 1.29 is 0 Å². The summed E-state index contributed by atoms with van der Waals surface area (Å²) in [5, 5.41) is 0. The Kier molecular flexibility index (Phi) is 3.65. The van der Waals surface area contributed by atoms with Gasteiger partial charge in [-0.2, -0.15) is 0 Å². The second-order valence-corrected chi connectivity index (χ2v) is 1.30. The lowest BCUT2D eigenvalue weighted by atomic mass is 10.3. The molecule has 0 amide bonds. The van der Waals surface area contributed by atoms with E-state index in [2.05, 4.69) is 18.9 Å². The van der Waals surface area contributed by atoms with Crippen molar-refractivity contribution in [2.45, 2.75) is 6.92 Å². The first kappa shape index (κ1) is 7.00. The third-order valence-corrected chi connectivity index (χ3v) is 0.751. The van der Waals surface area contributed by atoms with Gasteiger partial charge in [0.05, 0.1) is 0 Å². The van der Waals surface area contributed by atoms with Crippen molar-refractivity contribution in [3.8, 4) is 0 Å². The minimum Gasteiger partial charge on any atom is -0.118 e. The van der Waals surface area contributed by atoms with E-state index in [1.807, 2.05) is 13.0 Å². The van der Waals surface area contributed by atoms with Crippen molar-refractivity contribution in [1.82, 2.24) is 0 Å². The van der Waals surface area contributed by atoms with Crippen LogP contribution in [0.3, 0.4) is 0 Å². The summed E-state index contributed by atoms with van der Waals surface area (Å²) in [6, 6.07) is 0. The summed E-state index contributed by atoms with van der Waals surface area (Å²) in [5.74, 6) is 0. The molecular weight excluding hydrogens is 96.1 g/mol. The molecule has 0 heteroatoms. The zero-order valence-corrected chi connectivity index (χ0v) is 5.15. The monoisotopic (exact) mass is 106 g/mol. The highest BCUT2D eigenvalue weighted by atomic mass is 13.8. The van der Waals surface area contributed by atoms with Crippen LogP contribution in [0.5, 0.6) is 0 Å². The predicted molar refractivity (Wildman–Crippen MR) is 37.7 cm³/mol. The molecule has 0 radical (unpaired) electrons. The standard InChI is InChI=1S/C8H10/c1-4-7-8(5-2)6-3/h4-6H,2-3H2,1H3. The Morgan fingerprint density at radius 1 is 1.38 bits per heavy atom. The van der Waals surface area contributed by atoms with Crippen LogP contribution in [0.15, 0.2) is 42.7 Å². The Labute approximate surface area is 50.5 Å². The normalized spacial score (nSPS) is 6.62. The van der Waals surface area contributed by atoms with Gasteiger partial charge in [-0.05, 0) is 13.0 Å². The van der Waals surface area contributed by atoms with Gasteiger partial charge in [-0.1, -0.05) is 25.3 Å². The Hall–Kier alpha value is -1.00. The number of allylic oxidation sites excluding steroid dienone is 3. The SMILES string of the molecule is C=CC(=C=CC)C=C. The van der Waals surface area contributed by atoms with E-state index in [9.17, 15) is 0 Å². The van der Waals surface area contributed by atoms with Gasteiger partial charge >= 0.3 is 0 Å². The van der Waals surface area contributed by atoms with E-state index in [-0.39, 0.29) is 0 Å². The quantitative estimate of drug-likeness (QED) is 0.374. The molecule has 0 aromatic carbocycles. The van der Waals surface area contributed by atoms with E-state index in [4.69, 9.17) is 0 Å². The van der Waals surface area contributed by atoms with E-state index in [0.717, 1.165) is 5.57 Å². The maximum absolute atomic E-state index is 3.56. The second kappa shape index (κ2) is 4.17. The molecule has 0 aliphatic heterocycles. The average Bonchev–Trinajstić information content (AvgIpc) is 1.83. The molecule has 0 fully saturated rings. The largest absolute Gasteiger partial charge is 0.118 e. The molecule has 0 unspecified atom stereocenters. The summed E-state index contributed by atoms with van der Waals surface area (Å²) in [4.78, 5) is 0. The van der Waals surface area contributed by atoms with E-state index >= 15 is 0 Å². The van der Waals surface area contributed by atoms with Crippen LogP contribution in [0, 0.1) is 0 Å². The van der Waals surface area contributed by atoms with Crippen molar-refractivity contribution in [3.63, 3.8) is 0 Å². The molecule has 0 saturated carbocycles. The summed E-state index contributed by atoms with van der Waals surface area (Å²) in [5.41, 5.74) is 3.88. The molecule has 0 aliphatic rings. The molecular formula is C8H10. The average molecular weight is 106 g/mol. The van der Waals surface area contributed by atoms with Gasteiger partial charge in [0.2, 0.25) is 0 Å². The maximum Gasteiger partial charge on any atom is 0.0149 e. The van der Waals surface area contributed by atoms with Crippen LogP contribution in [-0.2, 0) is 0 Å². The zero-order chi connectivity index (χ0) is 6.41. The van der Waals surface area contributed by atoms with E-state index < -0.39 is 0 Å². The van der Waals surface area contributed by atoms with Crippen LogP contribution in [-0.4, -0.2) is 0 Å². The summed E-state index contributed by atoms with van der Waals surface area (Å²) in [7, 11) is 0. The van der Waals surface area contributed by atoms with Crippen LogP contribution >= 0.6 is 0 Å². The Morgan fingerprint density at radius 3 is 2.00 bits per heavy atom. The maximum atomic E-state index is 3.56. The lowest BCUT2D eigenvalue weighted by molar-refractivity contribution is 1.70. The van der Waals surface area contributed by atoms with Crippen LogP contribution in [0.2, 0.25) is 0 Å². The molecule has 0 aromatic heterocycles. The van der Waals surface area contributed by atoms with Gasteiger partial charge in [-0.25, -0.2) is 0 Å². The van der Waals surface area contributed by atoms with Crippen LogP contribution < -0.4 is 0 Å². The van der Waals surface area contributed by atoms with Crippen molar-refractivity contribution in [2.24, 2.45) is 0 Å². The Bertz CT molecular complexity index is 133. The molecule has 0 N–H and O–H groups in total. The Balaban J connectivity index is 4.31. The highest BCUT2D eigenvalue weighted by molar-refractivity contribution is 5.26. The summed E-state index contributed by atoms with van der Waals surface area (Å²) < 4.78 is 0. The van der Waals surface area contributed by atoms with Crippen molar-refractivity contribution in [1.29, 1.82) is 0 Å². The minimum atomic E-state index is 0.938. The van der Waals surface area contributed by atoms with Crippen LogP contribution in [0.1, 0.15) is 6.92 Å². The van der Waals surface area contributed by atoms with E-state index in [1.54, 1.807) is 12.2 Å². The summed E-state index contributed by atoms with van der Waals surface area (Å²) >= 11 is 0. The smallest absolute Gasteiger partial charge is 0.0149 e. The fourth-order valence-corrected chi connectivity index (χ4v) is 0.368. The highest BCUT2D eigenvalue weighted by Gasteiger charge is 1.72. The van der Waals surface area contributed by atoms with Crippen molar-refractivity contribution >= 4 is 0 Å². The molecule has 0 spiro atoms. The number of hydrogen-bond donors (Lipinski definition) is 0. The lowest BCUT2D eigenvalue weighted by Crippen LogP contribution is -1.59. The first-order valence-electron chi connectivity index (χ1n) is 2.51. The first-order chi connectivity index (χ1) is 3.85. The fourth-order valence-electron chi connectivity index (χ4n) is 0.368. The molecule has 0 rings (SSSR count). The van der Waals surface area contributed by atoms with Gasteiger partial charge in [0.1, 0.15) is 0 Å². The van der Waals surface area contributed by atoms with E-state index in [1.165, 1.54) is 0 Å². The molecule has 0 heterocycles. The van der Waals surface area contributed by atoms with Crippen molar-refractivity contribution in [2.75, 3.05) is 0 Å². The lowest BCUT2D eigenvalue weighted by Gasteiger charge is -1.78. The fraction of sp³-hybridized carbons (Fsp3) is 0.125. The molecule has 0 saturated heterocycles. The molecule has 42 valence electrons. The molecule has 0 nitrogen and oxygen atoms in total. The predicted octanol–water partition coefficient (Wildman–Crippen LogP) is 2.46. The topological polar surface area (TPSA) is 0 Å². The summed E-state index contributed by atoms with van der Waals surface area (Å²) in [6.07, 6.45) is 5.26. The third kappa shape index (κ3) is 2.22. The van der Waals surface area contributed by atoms with Crippen molar-refractivity contribution in [3.05, 3.63) is 42.7 Å². The Morgan fingerprint density at radius 2 is 1.88 bits per heavy atom. The molecule has 0 aromatic rings. The molecule has 8 heavy (non-hydrogen) atoms. The zero-order valence-electron chi connectivity index (χ0n) is 5.15. The minimum absolute atomic E-state index is 0.938. The summed E-state index contributed by atoms with van der Waals surface area (Å²) in [6.45, 7) is 9.03. The van der Waals surface area contributed by atoms with E-state index in [0.29, 0.717) is 0 Å². The van der Waals surface area contributed by atoms with Gasteiger partial charge in [0.25, 0.3) is 0 Å². The number of rotatable bonds is 2. The van der Waals surface area contributed by atoms with Gasteiger partial charge in [0.15, 0.2) is 0 Å². The second-order valence-electron chi connectivity index (χ2n) is 1.30. The first-order valence-corrected chi connectivity index (χ1v) is 2.51. The number of hydrogen-bond acceptors (Lipinski definition) is 0.